The predicted octanol–water partition coefficient (Wildman–Crippen LogP) is 2.89. The van der Waals surface area contributed by atoms with Crippen LogP contribution >= 0.6 is 0 Å². The summed E-state index contributed by atoms with van der Waals surface area (Å²) in [5, 5.41) is 4.43. The highest BCUT2D eigenvalue weighted by Gasteiger charge is 2.03. The van der Waals surface area contributed by atoms with Gasteiger partial charge in [-0.15, -0.1) is 0 Å². The van der Waals surface area contributed by atoms with E-state index in [4.69, 9.17) is 4.74 Å². The van der Waals surface area contributed by atoms with Gasteiger partial charge in [-0.1, -0.05) is 0 Å². The minimum Gasteiger partial charge on any atom is -0.494 e. The molecular formula is C13H16N2O. The Morgan fingerprint density at radius 1 is 1.19 bits per heavy atom. The zero-order valence-electron chi connectivity index (χ0n) is 9.90. The Kier molecular flexibility index (Phi) is 2.95. The molecule has 1 aromatic carbocycles. The highest BCUT2D eigenvalue weighted by molar-refractivity contribution is 5.38. The summed E-state index contributed by atoms with van der Waals surface area (Å²) in [6, 6.07) is 10.0. The van der Waals surface area contributed by atoms with E-state index in [1.165, 1.54) is 0 Å². The molecule has 0 bridgehead atoms. The Morgan fingerprint density at radius 3 is 2.38 bits per heavy atom. The van der Waals surface area contributed by atoms with E-state index in [0.717, 1.165) is 22.8 Å². The Labute approximate surface area is 95.7 Å². The molecule has 2 rings (SSSR count). The van der Waals surface area contributed by atoms with Crippen molar-refractivity contribution in [3.8, 4) is 11.4 Å². The van der Waals surface area contributed by atoms with Crippen molar-refractivity contribution in [2.45, 2.75) is 20.8 Å². The van der Waals surface area contributed by atoms with Crippen LogP contribution in [0, 0.1) is 13.8 Å². The summed E-state index contributed by atoms with van der Waals surface area (Å²) in [6.45, 7) is 6.72. The van der Waals surface area contributed by atoms with Crippen molar-refractivity contribution in [2.24, 2.45) is 0 Å². The third kappa shape index (κ3) is 2.08. The number of ether oxygens (including phenoxy) is 1. The topological polar surface area (TPSA) is 27.1 Å². The van der Waals surface area contributed by atoms with Gasteiger partial charge in [0.15, 0.2) is 0 Å². The number of rotatable bonds is 3. The van der Waals surface area contributed by atoms with Gasteiger partial charge < -0.3 is 4.74 Å². The van der Waals surface area contributed by atoms with Crippen LogP contribution in [-0.2, 0) is 0 Å². The lowest BCUT2D eigenvalue weighted by Crippen LogP contribution is -1.99. The highest BCUT2D eigenvalue weighted by atomic mass is 16.5. The summed E-state index contributed by atoms with van der Waals surface area (Å²) < 4.78 is 7.34. The number of hydrogen-bond donors (Lipinski definition) is 0. The van der Waals surface area contributed by atoms with E-state index in [1.807, 2.05) is 42.8 Å². The van der Waals surface area contributed by atoms with E-state index in [1.54, 1.807) is 0 Å². The van der Waals surface area contributed by atoms with Gasteiger partial charge in [0.05, 0.1) is 18.0 Å². The molecule has 3 nitrogen and oxygen atoms in total. The fourth-order valence-corrected chi connectivity index (χ4v) is 1.74. The lowest BCUT2D eigenvalue weighted by atomic mass is 10.3. The number of hydrogen-bond acceptors (Lipinski definition) is 2. The first-order valence-electron chi connectivity index (χ1n) is 5.47. The molecule has 0 aliphatic heterocycles. The van der Waals surface area contributed by atoms with Crippen molar-refractivity contribution < 1.29 is 4.74 Å². The van der Waals surface area contributed by atoms with Gasteiger partial charge in [-0.05, 0) is 51.1 Å². The van der Waals surface area contributed by atoms with Crippen LogP contribution in [0.25, 0.3) is 5.69 Å². The summed E-state index contributed by atoms with van der Waals surface area (Å²) in [4.78, 5) is 0. The molecule has 0 saturated carbocycles. The Hall–Kier alpha value is -1.77. The molecule has 0 spiro atoms. The van der Waals surface area contributed by atoms with E-state index >= 15 is 0 Å². The highest BCUT2D eigenvalue weighted by Crippen LogP contribution is 2.16. The SMILES string of the molecule is CCOc1ccc(-n2nc(C)cc2C)cc1. The van der Waals surface area contributed by atoms with Crippen LogP contribution in [0.2, 0.25) is 0 Å². The van der Waals surface area contributed by atoms with Crippen LogP contribution in [0.3, 0.4) is 0 Å². The average molecular weight is 216 g/mol. The van der Waals surface area contributed by atoms with Crippen LogP contribution in [0.15, 0.2) is 30.3 Å². The number of aromatic nitrogens is 2. The third-order valence-corrected chi connectivity index (χ3v) is 2.40. The number of nitrogens with zero attached hydrogens (tertiary/aromatic N) is 2. The van der Waals surface area contributed by atoms with Gasteiger partial charge in [-0.3, -0.25) is 0 Å². The van der Waals surface area contributed by atoms with Crippen LogP contribution in [0.4, 0.5) is 0 Å². The zero-order valence-corrected chi connectivity index (χ0v) is 9.90. The zero-order chi connectivity index (χ0) is 11.5. The van der Waals surface area contributed by atoms with Crippen LogP contribution in [0.5, 0.6) is 5.75 Å². The van der Waals surface area contributed by atoms with E-state index in [9.17, 15) is 0 Å². The van der Waals surface area contributed by atoms with E-state index < -0.39 is 0 Å². The van der Waals surface area contributed by atoms with Crippen molar-refractivity contribution in [3.63, 3.8) is 0 Å². The lowest BCUT2D eigenvalue weighted by molar-refractivity contribution is 0.340. The van der Waals surface area contributed by atoms with E-state index in [0.29, 0.717) is 6.61 Å². The second-order valence-electron chi connectivity index (χ2n) is 3.77. The van der Waals surface area contributed by atoms with Crippen molar-refractivity contribution in [1.82, 2.24) is 9.78 Å². The average Bonchev–Trinajstić information content (AvgIpc) is 2.59. The molecule has 0 fully saturated rings. The summed E-state index contributed by atoms with van der Waals surface area (Å²) in [5.41, 5.74) is 3.24. The van der Waals surface area contributed by atoms with Gasteiger partial charge in [-0.25, -0.2) is 4.68 Å². The standard InChI is InChI=1S/C13H16N2O/c1-4-16-13-7-5-12(6-8-13)15-11(3)9-10(2)14-15/h5-9H,4H2,1-3H3. The first-order chi connectivity index (χ1) is 7.70. The quantitative estimate of drug-likeness (QED) is 0.788. The largest absolute Gasteiger partial charge is 0.494 e. The Bertz CT molecular complexity index is 471. The number of benzene rings is 1. The second-order valence-corrected chi connectivity index (χ2v) is 3.77. The molecule has 84 valence electrons. The summed E-state index contributed by atoms with van der Waals surface area (Å²) >= 11 is 0. The van der Waals surface area contributed by atoms with Gasteiger partial charge in [-0.2, -0.15) is 5.10 Å². The summed E-state index contributed by atoms with van der Waals surface area (Å²) in [6.07, 6.45) is 0. The molecule has 1 heterocycles. The molecule has 0 aliphatic carbocycles. The molecule has 0 atom stereocenters. The van der Waals surface area contributed by atoms with Crippen molar-refractivity contribution in [2.75, 3.05) is 6.61 Å². The van der Waals surface area contributed by atoms with Crippen molar-refractivity contribution in [3.05, 3.63) is 41.7 Å². The molecule has 16 heavy (non-hydrogen) atoms. The Morgan fingerprint density at radius 2 is 1.88 bits per heavy atom. The van der Waals surface area contributed by atoms with Crippen molar-refractivity contribution >= 4 is 0 Å². The molecule has 0 unspecified atom stereocenters. The first-order valence-corrected chi connectivity index (χ1v) is 5.47. The monoisotopic (exact) mass is 216 g/mol. The Balaban J connectivity index is 2.31. The number of aryl methyl sites for hydroxylation is 2. The molecule has 2 aromatic rings. The maximum Gasteiger partial charge on any atom is 0.119 e. The fraction of sp³-hybridized carbons (Fsp3) is 0.308. The van der Waals surface area contributed by atoms with Gasteiger partial charge in [0.2, 0.25) is 0 Å². The van der Waals surface area contributed by atoms with E-state index in [-0.39, 0.29) is 0 Å². The van der Waals surface area contributed by atoms with Gasteiger partial charge in [0, 0.05) is 5.69 Å². The molecule has 3 heteroatoms. The molecule has 0 amide bonds. The van der Waals surface area contributed by atoms with E-state index in [2.05, 4.69) is 18.1 Å². The minimum absolute atomic E-state index is 0.694. The molecule has 0 radical (unpaired) electrons. The normalized spacial score (nSPS) is 10.4. The summed E-state index contributed by atoms with van der Waals surface area (Å²) in [5.74, 6) is 0.896. The van der Waals surface area contributed by atoms with Crippen molar-refractivity contribution in [1.29, 1.82) is 0 Å². The molecule has 0 aliphatic rings. The maximum absolute atomic E-state index is 5.40. The van der Waals surface area contributed by atoms with Gasteiger partial charge in [0.25, 0.3) is 0 Å². The fourth-order valence-electron chi connectivity index (χ4n) is 1.74. The second kappa shape index (κ2) is 4.39. The third-order valence-electron chi connectivity index (χ3n) is 2.40. The molecule has 1 aromatic heterocycles. The molecule has 0 N–H and O–H groups in total. The van der Waals surface area contributed by atoms with Gasteiger partial charge >= 0.3 is 0 Å². The van der Waals surface area contributed by atoms with Crippen LogP contribution in [-0.4, -0.2) is 16.4 Å². The predicted molar refractivity (Wildman–Crippen MR) is 64.2 cm³/mol. The summed E-state index contributed by atoms with van der Waals surface area (Å²) in [7, 11) is 0. The maximum atomic E-state index is 5.40. The minimum atomic E-state index is 0.694. The molecular weight excluding hydrogens is 200 g/mol. The first kappa shape index (κ1) is 10.7. The van der Waals surface area contributed by atoms with Crippen LogP contribution < -0.4 is 4.74 Å². The smallest absolute Gasteiger partial charge is 0.119 e. The van der Waals surface area contributed by atoms with Crippen LogP contribution in [0.1, 0.15) is 18.3 Å². The molecule has 0 saturated heterocycles. The van der Waals surface area contributed by atoms with Gasteiger partial charge in [0.1, 0.15) is 5.75 Å². The lowest BCUT2D eigenvalue weighted by Gasteiger charge is -2.06.